The van der Waals surface area contributed by atoms with Gasteiger partial charge in [-0.25, -0.2) is 4.79 Å². The first-order valence-corrected chi connectivity index (χ1v) is 6.82. The summed E-state index contributed by atoms with van der Waals surface area (Å²) >= 11 is 0. The molecule has 1 aliphatic carbocycles. The third-order valence-corrected chi connectivity index (χ3v) is 2.56. The van der Waals surface area contributed by atoms with Gasteiger partial charge in [0.2, 0.25) is 0 Å². The van der Waals surface area contributed by atoms with Crippen LogP contribution in [-0.4, -0.2) is 44.3 Å². The van der Waals surface area contributed by atoms with Crippen LogP contribution in [0.2, 0.25) is 0 Å². The topological polar surface area (TPSA) is 74.8 Å². The molecule has 19 heavy (non-hydrogen) atoms. The largest absolute Gasteiger partial charge is 0.444 e. The lowest BCUT2D eigenvalue weighted by atomic mass is 10.2. The minimum atomic E-state index is -0.459. The molecule has 0 aromatic heterocycles. The second-order valence-corrected chi connectivity index (χ2v) is 5.75. The number of ether oxygens (including phenoxy) is 1. The predicted molar refractivity (Wildman–Crippen MR) is 76.3 cm³/mol. The number of carbonyl (C=O) groups excluding carboxylic acids is 1. The number of hydrogen-bond donors (Lipinski definition) is 3. The molecular formula is C13H26N4O2. The highest BCUT2D eigenvalue weighted by Gasteiger charge is 2.21. The van der Waals surface area contributed by atoms with E-state index in [1.165, 1.54) is 12.8 Å². The van der Waals surface area contributed by atoms with Crippen molar-refractivity contribution >= 4 is 12.1 Å². The number of amides is 1. The van der Waals surface area contributed by atoms with Crippen molar-refractivity contribution in [2.75, 3.05) is 26.7 Å². The molecule has 3 N–H and O–H groups in total. The van der Waals surface area contributed by atoms with Crippen LogP contribution in [0.4, 0.5) is 4.79 Å². The van der Waals surface area contributed by atoms with Crippen molar-refractivity contribution in [1.29, 1.82) is 0 Å². The zero-order valence-corrected chi connectivity index (χ0v) is 12.4. The number of carbonyl (C=O) groups is 1. The Bertz CT molecular complexity index is 319. The molecule has 1 rings (SSSR count). The lowest BCUT2D eigenvalue weighted by molar-refractivity contribution is 0.0529. The highest BCUT2D eigenvalue weighted by Crippen LogP contribution is 2.27. The average Bonchev–Trinajstić information content (AvgIpc) is 3.09. The van der Waals surface area contributed by atoms with E-state index in [0.717, 1.165) is 18.4 Å². The molecule has 1 amide bonds. The fourth-order valence-electron chi connectivity index (χ4n) is 1.44. The minimum Gasteiger partial charge on any atom is -0.444 e. The summed E-state index contributed by atoms with van der Waals surface area (Å²) in [5, 5.41) is 9.08. The molecule has 0 spiro atoms. The van der Waals surface area contributed by atoms with Crippen molar-refractivity contribution in [1.82, 2.24) is 16.0 Å². The van der Waals surface area contributed by atoms with Gasteiger partial charge >= 0.3 is 6.09 Å². The first-order valence-electron chi connectivity index (χ1n) is 6.82. The van der Waals surface area contributed by atoms with Crippen molar-refractivity contribution < 1.29 is 9.53 Å². The molecule has 0 atom stereocenters. The molecule has 1 fully saturated rings. The number of rotatable bonds is 5. The molecule has 1 aliphatic rings. The maximum absolute atomic E-state index is 11.4. The van der Waals surface area contributed by atoms with Crippen molar-refractivity contribution in [3.8, 4) is 0 Å². The van der Waals surface area contributed by atoms with Crippen LogP contribution in [0.5, 0.6) is 0 Å². The molecule has 6 heteroatoms. The first kappa shape index (κ1) is 15.6. The summed E-state index contributed by atoms with van der Waals surface area (Å²) in [5.41, 5.74) is -0.459. The second-order valence-electron chi connectivity index (χ2n) is 5.75. The number of alkyl carbamates (subject to hydrolysis) is 1. The molecule has 0 saturated heterocycles. The van der Waals surface area contributed by atoms with Crippen LogP contribution in [0.25, 0.3) is 0 Å². The zero-order valence-electron chi connectivity index (χ0n) is 12.4. The third kappa shape index (κ3) is 8.29. The Morgan fingerprint density at radius 2 is 1.84 bits per heavy atom. The molecule has 0 aliphatic heterocycles. The van der Waals surface area contributed by atoms with Crippen molar-refractivity contribution in [3.05, 3.63) is 0 Å². The number of guanidine groups is 1. The second kappa shape index (κ2) is 7.21. The summed E-state index contributed by atoms with van der Waals surface area (Å²) in [5.74, 6) is 1.58. The van der Waals surface area contributed by atoms with Gasteiger partial charge in [0.15, 0.2) is 5.96 Å². The van der Waals surface area contributed by atoms with Gasteiger partial charge in [0, 0.05) is 26.7 Å². The molecular weight excluding hydrogens is 244 g/mol. The molecule has 0 heterocycles. The van der Waals surface area contributed by atoms with Gasteiger partial charge in [-0.05, 0) is 39.5 Å². The van der Waals surface area contributed by atoms with Crippen LogP contribution in [0.1, 0.15) is 33.6 Å². The maximum Gasteiger partial charge on any atom is 0.407 e. The Balaban J connectivity index is 2.06. The molecule has 110 valence electrons. The molecule has 1 saturated carbocycles. The zero-order chi connectivity index (χ0) is 14.3. The lowest BCUT2D eigenvalue weighted by Crippen LogP contribution is -2.42. The molecule has 0 aromatic rings. The quantitative estimate of drug-likeness (QED) is 0.397. The van der Waals surface area contributed by atoms with E-state index in [4.69, 9.17) is 4.74 Å². The summed E-state index contributed by atoms with van der Waals surface area (Å²) in [4.78, 5) is 15.5. The van der Waals surface area contributed by atoms with Crippen molar-refractivity contribution in [3.63, 3.8) is 0 Å². The van der Waals surface area contributed by atoms with Gasteiger partial charge in [-0.3, -0.25) is 4.99 Å². The average molecular weight is 270 g/mol. The van der Waals surface area contributed by atoms with Gasteiger partial charge in [-0.1, -0.05) is 0 Å². The fraction of sp³-hybridized carbons (Fsp3) is 0.846. The summed E-state index contributed by atoms with van der Waals surface area (Å²) < 4.78 is 5.13. The Labute approximate surface area is 115 Å². The summed E-state index contributed by atoms with van der Waals surface area (Å²) in [6.45, 7) is 7.61. The summed E-state index contributed by atoms with van der Waals surface area (Å²) in [7, 11) is 1.74. The van der Waals surface area contributed by atoms with Gasteiger partial charge < -0.3 is 20.7 Å². The van der Waals surface area contributed by atoms with E-state index in [1.807, 2.05) is 20.8 Å². The molecule has 0 aromatic carbocycles. The Morgan fingerprint density at radius 1 is 1.21 bits per heavy atom. The van der Waals surface area contributed by atoms with Crippen molar-refractivity contribution in [2.24, 2.45) is 10.9 Å². The van der Waals surface area contributed by atoms with Gasteiger partial charge in [-0.15, -0.1) is 0 Å². The van der Waals surface area contributed by atoms with Gasteiger partial charge in [0.25, 0.3) is 0 Å². The smallest absolute Gasteiger partial charge is 0.407 e. The molecule has 6 nitrogen and oxygen atoms in total. The van der Waals surface area contributed by atoms with Crippen LogP contribution < -0.4 is 16.0 Å². The van der Waals surface area contributed by atoms with Crippen LogP contribution in [0.15, 0.2) is 4.99 Å². The predicted octanol–water partition coefficient (Wildman–Crippen LogP) is 1.09. The highest BCUT2D eigenvalue weighted by atomic mass is 16.6. The first-order chi connectivity index (χ1) is 8.90. The van der Waals surface area contributed by atoms with E-state index in [2.05, 4.69) is 20.9 Å². The number of nitrogens with zero attached hydrogens (tertiary/aromatic N) is 1. The highest BCUT2D eigenvalue weighted by molar-refractivity contribution is 5.79. The monoisotopic (exact) mass is 270 g/mol. The van der Waals surface area contributed by atoms with Gasteiger partial charge in [-0.2, -0.15) is 0 Å². The van der Waals surface area contributed by atoms with E-state index < -0.39 is 11.7 Å². The van der Waals surface area contributed by atoms with Crippen LogP contribution >= 0.6 is 0 Å². The Morgan fingerprint density at radius 3 is 2.37 bits per heavy atom. The lowest BCUT2D eigenvalue weighted by Gasteiger charge is -2.19. The van der Waals surface area contributed by atoms with E-state index >= 15 is 0 Å². The van der Waals surface area contributed by atoms with E-state index in [1.54, 1.807) is 7.05 Å². The fourth-order valence-corrected chi connectivity index (χ4v) is 1.44. The van der Waals surface area contributed by atoms with Gasteiger partial charge in [0.1, 0.15) is 5.60 Å². The number of nitrogens with one attached hydrogen (secondary N) is 3. The Kier molecular flexibility index (Phi) is 5.92. The molecule has 0 radical (unpaired) electrons. The van der Waals surface area contributed by atoms with Crippen molar-refractivity contribution in [2.45, 2.75) is 39.2 Å². The summed E-state index contributed by atoms with van der Waals surface area (Å²) in [6.07, 6.45) is 2.23. The minimum absolute atomic E-state index is 0.393. The molecule has 0 bridgehead atoms. The van der Waals surface area contributed by atoms with E-state index in [-0.39, 0.29) is 0 Å². The van der Waals surface area contributed by atoms with E-state index in [0.29, 0.717) is 13.1 Å². The SMILES string of the molecule is CN=C(NCCNC(=O)OC(C)(C)C)NCC1CC1. The van der Waals surface area contributed by atoms with Crippen LogP contribution in [0, 0.1) is 5.92 Å². The third-order valence-electron chi connectivity index (χ3n) is 2.56. The maximum atomic E-state index is 11.4. The normalized spacial score (nSPS) is 15.9. The van der Waals surface area contributed by atoms with Crippen LogP contribution in [-0.2, 0) is 4.74 Å². The van der Waals surface area contributed by atoms with E-state index in [9.17, 15) is 4.79 Å². The Hall–Kier alpha value is -1.46. The van der Waals surface area contributed by atoms with Gasteiger partial charge in [0.05, 0.1) is 0 Å². The van der Waals surface area contributed by atoms with Crippen LogP contribution in [0.3, 0.4) is 0 Å². The standard InChI is InChI=1S/C13H26N4O2/c1-13(2,3)19-12(18)16-8-7-15-11(14-4)17-9-10-5-6-10/h10H,5-9H2,1-4H3,(H,16,18)(H2,14,15,17). The number of hydrogen-bond acceptors (Lipinski definition) is 3. The number of aliphatic imine (C=N–C) groups is 1. The summed E-state index contributed by atoms with van der Waals surface area (Å²) in [6, 6.07) is 0. The molecule has 0 unspecified atom stereocenters.